The first-order chi connectivity index (χ1) is 6.72. The number of carbonyl (C=O) groups excluding carboxylic acids is 1. The molecule has 0 aliphatic heterocycles. The topological polar surface area (TPSA) is 130 Å². The monoisotopic (exact) mass is 194 g/mol. The number of rotatable bonds is 1. The summed E-state index contributed by atoms with van der Waals surface area (Å²) in [5.41, 5.74) is 7.35. The molecule has 1 amide bonds. The highest BCUT2D eigenvalue weighted by molar-refractivity contribution is 6.01. The van der Waals surface area contributed by atoms with E-state index in [2.05, 4.69) is 19.9 Å². The van der Waals surface area contributed by atoms with E-state index in [4.69, 9.17) is 10.9 Å². The molecule has 8 heteroatoms. The molecule has 14 heavy (non-hydrogen) atoms. The molecule has 2 rings (SSSR count). The maximum atomic E-state index is 11.1. The number of aromatic amines is 1. The number of fused-ring (bicyclic) bond motifs is 1. The normalized spacial score (nSPS) is 10.4. The summed E-state index contributed by atoms with van der Waals surface area (Å²) >= 11 is 0. The van der Waals surface area contributed by atoms with Crippen LogP contribution in [0.1, 0.15) is 10.5 Å². The molecule has 2 aromatic heterocycles. The van der Waals surface area contributed by atoms with Gasteiger partial charge in [0.25, 0.3) is 5.91 Å². The molecule has 0 radical (unpaired) electrons. The molecule has 0 spiro atoms. The van der Waals surface area contributed by atoms with Crippen LogP contribution in [0.25, 0.3) is 11.2 Å². The van der Waals surface area contributed by atoms with Crippen molar-refractivity contribution in [2.24, 2.45) is 0 Å². The Hall–Kier alpha value is -2.22. The van der Waals surface area contributed by atoms with Gasteiger partial charge in [0.1, 0.15) is 5.52 Å². The summed E-state index contributed by atoms with van der Waals surface area (Å²) in [7, 11) is 0. The Balaban J connectivity index is 2.72. The highest BCUT2D eigenvalue weighted by atomic mass is 16.5. The van der Waals surface area contributed by atoms with Gasteiger partial charge >= 0.3 is 0 Å². The molecule has 0 saturated carbocycles. The quantitative estimate of drug-likeness (QED) is 0.342. The van der Waals surface area contributed by atoms with Crippen LogP contribution < -0.4 is 11.2 Å². The average molecular weight is 194 g/mol. The van der Waals surface area contributed by atoms with E-state index in [1.807, 2.05) is 0 Å². The molecule has 2 aromatic rings. The van der Waals surface area contributed by atoms with Crippen molar-refractivity contribution in [3.63, 3.8) is 0 Å². The SMILES string of the molecule is Nc1nc(C(=O)NO)c2[nH]cnc2n1. The molecule has 0 aromatic carbocycles. The van der Waals surface area contributed by atoms with Crippen molar-refractivity contribution in [3.05, 3.63) is 12.0 Å². The number of imidazole rings is 1. The first kappa shape index (κ1) is 8.38. The third-order valence-corrected chi connectivity index (χ3v) is 1.62. The Morgan fingerprint density at radius 2 is 2.36 bits per heavy atom. The second-order valence-electron chi connectivity index (χ2n) is 2.47. The van der Waals surface area contributed by atoms with Gasteiger partial charge in [0.15, 0.2) is 11.3 Å². The number of carbonyl (C=O) groups is 1. The molecule has 0 aliphatic carbocycles. The molecule has 0 atom stereocenters. The number of nitrogens with one attached hydrogen (secondary N) is 2. The first-order valence-electron chi connectivity index (χ1n) is 3.63. The van der Waals surface area contributed by atoms with Gasteiger partial charge in [-0.3, -0.25) is 10.0 Å². The number of aromatic nitrogens is 4. The van der Waals surface area contributed by atoms with Gasteiger partial charge in [-0.2, -0.15) is 4.98 Å². The second-order valence-corrected chi connectivity index (χ2v) is 2.47. The van der Waals surface area contributed by atoms with Crippen LogP contribution in [-0.2, 0) is 0 Å². The van der Waals surface area contributed by atoms with Crippen molar-refractivity contribution in [3.8, 4) is 0 Å². The summed E-state index contributed by atoms with van der Waals surface area (Å²) in [6.45, 7) is 0. The number of hydrogen-bond acceptors (Lipinski definition) is 6. The highest BCUT2D eigenvalue weighted by Gasteiger charge is 2.14. The average Bonchev–Trinajstić information content (AvgIpc) is 2.62. The standard InChI is InChI=1S/C6H6N6O2/c7-6-10-3(5(13)12-14)2-4(11-6)9-1-8-2/h1,14H,(H,12,13)(H3,7,8,9,10,11). The molecule has 0 aliphatic rings. The van der Waals surface area contributed by atoms with Gasteiger partial charge in [-0.05, 0) is 0 Å². The Kier molecular flexibility index (Phi) is 1.75. The van der Waals surface area contributed by atoms with Crippen molar-refractivity contribution >= 4 is 23.0 Å². The third-order valence-electron chi connectivity index (χ3n) is 1.62. The predicted octanol–water partition coefficient (Wildman–Crippen LogP) is -0.946. The number of hydroxylamine groups is 1. The molecule has 0 fully saturated rings. The van der Waals surface area contributed by atoms with E-state index in [9.17, 15) is 4.79 Å². The molecule has 8 nitrogen and oxygen atoms in total. The Morgan fingerprint density at radius 3 is 3.07 bits per heavy atom. The van der Waals surface area contributed by atoms with Crippen LogP contribution in [0.5, 0.6) is 0 Å². The van der Waals surface area contributed by atoms with Gasteiger partial charge in [0, 0.05) is 0 Å². The van der Waals surface area contributed by atoms with E-state index in [-0.39, 0.29) is 17.3 Å². The maximum Gasteiger partial charge on any atom is 0.295 e. The molecule has 0 bridgehead atoms. The van der Waals surface area contributed by atoms with Gasteiger partial charge in [0.05, 0.1) is 6.33 Å². The minimum Gasteiger partial charge on any atom is -0.368 e. The van der Waals surface area contributed by atoms with E-state index in [0.717, 1.165) is 0 Å². The lowest BCUT2D eigenvalue weighted by atomic mass is 10.3. The molecule has 0 unspecified atom stereocenters. The van der Waals surface area contributed by atoms with Gasteiger partial charge in [-0.1, -0.05) is 0 Å². The Bertz CT molecular complexity index is 492. The fraction of sp³-hybridized carbons (Fsp3) is 0. The summed E-state index contributed by atoms with van der Waals surface area (Å²) in [5.74, 6) is -0.850. The zero-order valence-corrected chi connectivity index (χ0v) is 6.85. The van der Waals surface area contributed by atoms with E-state index in [1.54, 1.807) is 0 Å². The lowest BCUT2D eigenvalue weighted by Gasteiger charge is -1.99. The second kappa shape index (κ2) is 2.92. The van der Waals surface area contributed by atoms with E-state index in [0.29, 0.717) is 5.52 Å². The number of hydrogen-bond donors (Lipinski definition) is 4. The fourth-order valence-corrected chi connectivity index (χ4v) is 1.07. The summed E-state index contributed by atoms with van der Waals surface area (Å²) in [5, 5.41) is 8.44. The van der Waals surface area contributed by atoms with Gasteiger partial charge in [0.2, 0.25) is 5.95 Å². The largest absolute Gasteiger partial charge is 0.368 e. The predicted molar refractivity (Wildman–Crippen MR) is 45.3 cm³/mol. The fourth-order valence-electron chi connectivity index (χ4n) is 1.07. The molecule has 5 N–H and O–H groups in total. The number of amides is 1. The van der Waals surface area contributed by atoms with E-state index >= 15 is 0 Å². The first-order valence-corrected chi connectivity index (χ1v) is 3.63. The van der Waals surface area contributed by atoms with Crippen LogP contribution in [0.4, 0.5) is 5.95 Å². The van der Waals surface area contributed by atoms with Crippen molar-refractivity contribution in [2.75, 3.05) is 5.73 Å². The molecule has 2 heterocycles. The minimum absolute atomic E-state index is 0.0486. The number of anilines is 1. The van der Waals surface area contributed by atoms with Crippen LogP contribution >= 0.6 is 0 Å². The van der Waals surface area contributed by atoms with Crippen molar-refractivity contribution in [1.82, 2.24) is 25.4 Å². The highest BCUT2D eigenvalue weighted by Crippen LogP contribution is 2.11. The van der Waals surface area contributed by atoms with Gasteiger partial charge in [-0.25, -0.2) is 15.4 Å². The molecule has 72 valence electrons. The van der Waals surface area contributed by atoms with Crippen molar-refractivity contribution in [1.29, 1.82) is 0 Å². The smallest absolute Gasteiger partial charge is 0.295 e. The maximum absolute atomic E-state index is 11.1. The lowest BCUT2D eigenvalue weighted by Crippen LogP contribution is -2.21. The molecule has 0 saturated heterocycles. The number of nitrogens with two attached hydrogens (primary N) is 1. The molecular weight excluding hydrogens is 188 g/mol. The molecular formula is C6H6N6O2. The van der Waals surface area contributed by atoms with Crippen LogP contribution in [-0.4, -0.2) is 31.1 Å². The van der Waals surface area contributed by atoms with Crippen LogP contribution in [0.3, 0.4) is 0 Å². The van der Waals surface area contributed by atoms with Crippen LogP contribution in [0, 0.1) is 0 Å². The Morgan fingerprint density at radius 1 is 1.57 bits per heavy atom. The zero-order valence-electron chi connectivity index (χ0n) is 6.85. The number of nitrogen functional groups attached to an aromatic ring is 1. The van der Waals surface area contributed by atoms with Gasteiger partial charge < -0.3 is 10.7 Å². The minimum atomic E-state index is -0.770. The van der Waals surface area contributed by atoms with E-state index in [1.165, 1.54) is 11.8 Å². The van der Waals surface area contributed by atoms with Crippen molar-refractivity contribution < 1.29 is 10.0 Å². The third kappa shape index (κ3) is 1.13. The summed E-state index contributed by atoms with van der Waals surface area (Å²) in [4.78, 5) is 25.0. The summed E-state index contributed by atoms with van der Waals surface area (Å²) < 4.78 is 0. The van der Waals surface area contributed by atoms with E-state index < -0.39 is 5.91 Å². The van der Waals surface area contributed by atoms with Gasteiger partial charge in [-0.15, -0.1) is 0 Å². The lowest BCUT2D eigenvalue weighted by molar-refractivity contribution is 0.0702. The van der Waals surface area contributed by atoms with Crippen molar-refractivity contribution in [2.45, 2.75) is 0 Å². The van der Waals surface area contributed by atoms with Crippen LogP contribution in [0.2, 0.25) is 0 Å². The number of H-pyrrole nitrogens is 1. The summed E-state index contributed by atoms with van der Waals surface area (Å²) in [6.07, 6.45) is 1.35. The van der Waals surface area contributed by atoms with Crippen LogP contribution in [0.15, 0.2) is 6.33 Å². The number of nitrogens with zero attached hydrogens (tertiary/aromatic N) is 3. The Labute approximate surface area is 77.1 Å². The zero-order chi connectivity index (χ0) is 10.1. The summed E-state index contributed by atoms with van der Waals surface area (Å²) in [6, 6.07) is 0.